The van der Waals surface area contributed by atoms with Crippen molar-refractivity contribution in [1.82, 2.24) is 15.6 Å². The summed E-state index contributed by atoms with van der Waals surface area (Å²) in [6, 6.07) is 7.00. The first kappa shape index (κ1) is 25.2. The van der Waals surface area contributed by atoms with E-state index < -0.39 is 17.7 Å². The van der Waals surface area contributed by atoms with Gasteiger partial charge in [0.05, 0.1) is 13.2 Å². The molecule has 10 heteroatoms. The number of carbonyl (C=O) groups is 2. The van der Waals surface area contributed by atoms with E-state index in [9.17, 15) is 18.4 Å². The summed E-state index contributed by atoms with van der Waals surface area (Å²) in [4.78, 5) is 28.0. The fourth-order valence-corrected chi connectivity index (χ4v) is 2.88. The number of nitrogens with one attached hydrogen (secondary N) is 3. The molecule has 174 valence electrons. The molecule has 0 aliphatic carbocycles. The number of ether oxygens (including phenoxy) is 2. The van der Waals surface area contributed by atoms with Gasteiger partial charge in [0.2, 0.25) is 5.82 Å². The van der Waals surface area contributed by atoms with Crippen LogP contribution in [0.5, 0.6) is 5.75 Å². The summed E-state index contributed by atoms with van der Waals surface area (Å²) in [5, 5.41) is 8.45. The Kier molecular flexibility index (Phi) is 9.96. The molecular formula is C22H28F2N4O4. The Hall–Kier alpha value is -3.11. The lowest BCUT2D eigenvalue weighted by Gasteiger charge is -2.12. The molecule has 3 rings (SSSR count). The molecule has 0 spiro atoms. The maximum absolute atomic E-state index is 12.5. The van der Waals surface area contributed by atoms with E-state index in [1.807, 2.05) is 14.0 Å². The number of carbonyl (C=O) groups excluding carboxylic acids is 2. The van der Waals surface area contributed by atoms with E-state index in [4.69, 9.17) is 4.74 Å². The van der Waals surface area contributed by atoms with Crippen molar-refractivity contribution in [2.24, 2.45) is 0 Å². The van der Waals surface area contributed by atoms with E-state index >= 15 is 0 Å². The fourth-order valence-electron chi connectivity index (χ4n) is 2.88. The number of hydrogen-bond acceptors (Lipinski definition) is 6. The summed E-state index contributed by atoms with van der Waals surface area (Å²) in [5.74, 6) is -2.35. The highest BCUT2D eigenvalue weighted by Crippen LogP contribution is 2.21. The summed E-state index contributed by atoms with van der Waals surface area (Å²) < 4.78 is 34.8. The van der Waals surface area contributed by atoms with Crippen LogP contribution in [0.4, 0.5) is 14.5 Å². The molecule has 0 radical (unpaired) electrons. The van der Waals surface area contributed by atoms with Gasteiger partial charge in [-0.3, -0.25) is 14.6 Å². The minimum Gasteiger partial charge on any atom is -0.494 e. The minimum absolute atomic E-state index is 0.0694. The quantitative estimate of drug-likeness (QED) is 0.561. The highest BCUT2D eigenvalue weighted by atomic mass is 19.2. The fraction of sp³-hybridized carbons (Fsp3) is 0.409. The van der Waals surface area contributed by atoms with Crippen LogP contribution in [-0.2, 0) is 9.53 Å². The summed E-state index contributed by atoms with van der Waals surface area (Å²) in [6.07, 6.45) is 2.79. The smallest absolute Gasteiger partial charge is 0.269 e. The van der Waals surface area contributed by atoms with Crippen molar-refractivity contribution in [2.45, 2.75) is 32.0 Å². The van der Waals surface area contributed by atoms with E-state index in [-0.39, 0.29) is 29.4 Å². The number of pyridine rings is 1. The van der Waals surface area contributed by atoms with Crippen molar-refractivity contribution in [3.8, 4) is 5.75 Å². The van der Waals surface area contributed by atoms with Gasteiger partial charge in [0.15, 0.2) is 11.6 Å². The van der Waals surface area contributed by atoms with Gasteiger partial charge in [-0.25, -0.2) is 4.39 Å². The highest BCUT2D eigenvalue weighted by molar-refractivity contribution is 5.97. The van der Waals surface area contributed by atoms with Crippen molar-refractivity contribution in [3.63, 3.8) is 0 Å². The predicted octanol–water partition coefficient (Wildman–Crippen LogP) is 2.51. The van der Waals surface area contributed by atoms with Crippen LogP contribution in [0.25, 0.3) is 0 Å². The average molecular weight is 450 g/mol. The summed E-state index contributed by atoms with van der Waals surface area (Å²) >= 11 is 0. The number of likely N-dealkylation sites (N-methyl/N-ethyl adjacent to an activating group) is 1. The van der Waals surface area contributed by atoms with E-state index in [1.54, 1.807) is 12.1 Å². The second-order valence-corrected chi connectivity index (χ2v) is 7.05. The van der Waals surface area contributed by atoms with E-state index in [0.717, 1.165) is 18.9 Å². The first-order valence-electron chi connectivity index (χ1n) is 10.2. The van der Waals surface area contributed by atoms with Gasteiger partial charge in [-0.15, -0.1) is 0 Å². The Morgan fingerprint density at radius 2 is 2.00 bits per heavy atom. The third-order valence-corrected chi connectivity index (χ3v) is 4.58. The molecule has 2 heterocycles. The normalized spacial score (nSPS) is 17.2. The van der Waals surface area contributed by atoms with E-state index in [0.29, 0.717) is 18.8 Å². The van der Waals surface area contributed by atoms with Crippen molar-refractivity contribution in [3.05, 3.63) is 53.9 Å². The molecule has 8 nitrogen and oxygen atoms in total. The standard InChI is InChI=1S/C15H22N4O3.C7H6F2O/c1-10-3-4-13(22-10)15(21)19-11-5-6-17-12(9-11)14(20)18-8-7-16-2;1-10-6-4-2-3-5(8)7(6)9/h5-6,9-10,13,16H,3-4,7-8H2,1-2H3,(H,18,20)(H,17,19,21);2-4H,1H3. The van der Waals surface area contributed by atoms with Crippen molar-refractivity contribution >= 4 is 17.5 Å². The van der Waals surface area contributed by atoms with Gasteiger partial charge >= 0.3 is 0 Å². The summed E-state index contributed by atoms with van der Waals surface area (Å²) in [6.45, 7) is 3.15. The number of hydrogen-bond donors (Lipinski definition) is 3. The Bertz CT molecular complexity index is 913. The first-order valence-corrected chi connectivity index (χ1v) is 10.2. The lowest BCUT2D eigenvalue weighted by molar-refractivity contribution is -0.126. The molecule has 0 bridgehead atoms. The van der Waals surface area contributed by atoms with Gasteiger partial charge in [-0.05, 0) is 51.1 Å². The van der Waals surface area contributed by atoms with Crippen LogP contribution in [0.1, 0.15) is 30.3 Å². The largest absolute Gasteiger partial charge is 0.494 e. The third kappa shape index (κ3) is 7.54. The topological polar surface area (TPSA) is 102 Å². The molecule has 1 aliphatic heterocycles. The second kappa shape index (κ2) is 12.7. The minimum atomic E-state index is -0.940. The van der Waals surface area contributed by atoms with Crippen LogP contribution in [-0.4, -0.2) is 56.3 Å². The molecule has 2 amide bonds. The molecular weight excluding hydrogens is 422 g/mol. The molecule has 2 atom stereocenters. The zero-order valence-corrected chi connectivity index (χ0v) is 18.3. The van der Waals surface area contributed by atoms with Crippen LogP contribution < -0.4 is 20.7 Å². The van der Waals surface area contributed by atoms with Gasteiger partial charge in [0.25, 0.3) is 11.8 Å². The number of benzene rings is 1. The van der Waals surface area contributed by atoms with Gasteiger partial charge in [0.1, 0.15) is 11.8 Å². The Labute approximate surface area is 185 Å². The van der Waals surface area contributed by atoms with Crippen LogP contribution in [0, 0.1) is 11.6 Å². The number of amides is 2. The van der Waals surface area contributed by atoms with Crippen LogP contribution >= 0.6 is 0 Å². The van der Waals surface area contributed by atoms with E-state index in [1.165, 1.54) is 25.4 Å². The molecule has 1 fully saturated rings. The van der Waals surface area contributed by atoms with Gasteiger partial charge < -0.3 is 25.4 Å². The van der Waals surface area contributed by atoms with Crippen LogP contribution in [0.15, 0.2) is 36.5 Å². The number of methoxy groups -OCH3 is 1. The molecule has 1 aromatic carbocycles. The van der Waals surface area contributed by atoms with Gasteiger partial charge in [0, 0.05) is 25.0 Å². The number of anilines is 1. The lowest BCUT2D eigenvalue weighted by Crippen LogP contribution is -2.31. The Balaban J connectivity index is 0.000000303. The van der Waals surface area contributed by atoms with E-state index in [2.05, 4.69) is 25.7 Å². The zero-order valence-electron chi connectivity index (χ0n) is 18.3. The molecule has 1 saturated heterocycles. The first-order chi connectivity index (χ1) is 15.3. The second-order valence-electron chi connectivity index (χ2n) is 7.05. The summed E-state index contributed by atoms with van der Waals surface area (Å²) in [7, 11) is 3.10. The molecule has 3 N–H and O–H groups in total. The number of rotatable bonds is 7. The predicted molar refractivity (Wildman–Crippen MR) is 116 cm³/mol. The van der Waals surface area contributed by atoms with Crippen LogP contribution in [0.3, 0.4) is 0 Å². The van der Waals surface area contributed by atoms with Crippen LogP contribution in [0.2, 0.25) is 0 Å². The SMILES string of the molecule is CNCCNC(=O)c1cc(NC(=O)C2CCC(C)O2)ccn1.COc1cccc(F)c1F. The summed E-state index contributed by atoms with van der Waals surface area (Å²) in [5.41, 5.74) is 0.816. The average Bonchev–Trinajstić information content (AvgIpc) is 3.23. The molecule has 0 saturated carbocycles. The Morgan fingerprint density at radius 1 is 1.22 bits per heavy atom. The number of nitrogens with zero attached hydrogens (tertiary/aromatic N) is 1. The zero-order chi connectivity index (χ0) is 23.5. The van der Waals surface area contributed by atoms with Gasteiger partial charge in [-0.2, -0.15) is 4.39 Å². The monoisotopic (exact) mass is 450 g/mol. The van der Waals surface area contributed by atoms with Gasteiger partial charge in [-0.1, -0.05) is 6.07 Å². The molecule has 1 aliphatic rings. The molecule has 2 unspecified atom stereocenters. The molecule has 32 heavy (non-hydrogen) atoms. The Morgan fingerprint density at radius 3 is 2.62 bits per heavy atom. The highest BCUT2D eigenvalue weighted by Gasteiger charge is 2.28. The van der Waals surface area contributed by atoms with Crippen molar-refractivity contribution in [2.75, 3.05) is 32.6 Å². The maximum atomic E-state index is 12.5. The third-order valence-electron chi connectivity index (χ3n) is 4.58. The molecule has 1 aromatic heterocycles. The van der Waals surface area contributed by atoms with Crippen molar-refractivity contribution in [1.29, 1.82) is 0 Å². The van der Waals surface area contributed by atoms with Crippen molar-refractivity contribution < 1.29 is 27.8 Å². The number of halogens is 2. The maximum Gasteiger partial charge on any atom is 0.269 e. The number of aromatic nitrogens is 1. The lowest BCUT2D eigenvalue weighted by atomic mass is 10.2. The molecule has 2 aromatic rings.